The van der Waals surface area contributed by atoms with E-state index in [0.717, 1.165) is 31.2 Å². The summed E-state index contributed by atoms with van der Waals surface area (Å²) in [5.41, 5.74) is 2.37. The van der Waals surface area contributed by atoms with Gasteiger partial charge in [-0.15, -0.1) is 0 Å². The van der Waals surface area contributed by atoms with Gasteiger partial charge in [-0.1, -0.05) is 0 Å². The topological polar surface area (TPSA) is 31.4 Å². The van der Waals surface area contributed by atoms with Gasteiger partial charge in [-0.25, -0.2) is 0 Å². The van der Waals surface area contributed by atoms with Gasteiger partial charge in [0.25, 0.3) is 0 Å². The van der Waals surface area contributed by atoms with Gasteiger partial charge in [0.15, 0.2) is 0 Å². The van der Waals surface area contributed by atoms with Crippen LogP contribution in [0.25, 0.3) is 0 Å². The monoisotopic (exact) mass is 262 g/mol. The SMILES string of the molecule is CCNc1cncc(N2CCC(CN(C)C)CC2)c1. The molecule has 0 aromatic carbocycles. The van der Waals surface area contributed by atoms with Crippen LogP contribution in [0.4, 0.5) is 11.4 Å². The third-order valence-electron chi connectivity index (χ3n) is 3.71. The smallest absolute Gasteiger partial charge is 0.0573 e. The third-order valence-corrected chi connectivity index (χ3v) is 3.71. The molecule has 4 nitrogen and oxygen atoms in total. The minimum atomic E-state index is 0.844. The zero-order chi connectivity index (χ0) is 13.7. The van der Waals surface area contributed by atoms with E-state index in [1.165, 1.54) is 25.1 Å². The first-order chi connectivity index (χ1) is 9.19. The van der Waals surface area contributed by atoms with E-state index in [1.807, 2.05) is 12.4 Å². The normalized spacial score (nSPS) is 16.9. The van der Waals surface area contributed by atoms with Gasteiger partial charge in [-0.05, 0) is 45.8 Å². The summed E-state index contributed by atoms with van der Waals surface area (Å²) in [5, 5.41) is 3.33. The largest absolute Gasteiger partial charge is 0.384 e. The van der Waals surface area contributed by atoms with E-state index < -0.39 is 0 Å². The summed E-state index contributed by atoms with van der Waals surface area (Å²) in [6, 6.07) is 2.21. The van der Waals surface area contributed by atoms with E-state index in [9.17, 15) is 0 Å². The van der Waals surface area contributed by atoms with Crippen molar-refractivity contribution in [2.45, 2.75) is 19.8 Å². The predicted octanol–water partition coefficient (Wildman–Crippen LogP) is 2.29. The van der Waals surface area contributed by atoms with Gasteiger partial charge in [0.05, 0.1) is 23.8 Å². The summed E-state index contributed by atoms with van der Waals surface area (Å²) in [6.07, 6.45) is 6.44. The average molecular weight is 262 g/mol. The Kier molecular flexibility index (Phi) is 5.02. The first-order valence-electron chi connectivity index (χ1n) is 7.27. The van der Waals surface area contributed by atoms with Crippen LogP contribution in [0.3, 0.4) is 0 Å². The first-order valence-corrected chi connectivity index (χ1v) is 7.27. The molecule has 4 heteroatoms. The molecule has 0 spiro atoms. The predicted molar refractivity (Wildman–Crippen MR) is 81.9 cm³/mol. The van der Waals surface area contributed by atoms with Crippen LogP contribution >= 0.6 is 0 Å². The molecule has 0 aliphatic carbocycles. The fourth-order valence-corrected chi connectivity index (χ4v) is 2.79. The molecule has 1 N–H and O–H groups in total. The number of anilines is 2. The molecule has 1 fully saturated rings. The summed E-state index contributed by atoms with van der Waals surface area (Å²) in [4.78, 5) is 9.09. The molecule has 0 bridgehead atoms. The second-order valence-corrected chi connectivity index (χ2v) is 5.65. The summed E-state index contributed by atoms with van der Waals surface area (Å²) < 4.78 is 0. The molecule has 2 rings (SSSR count). The van der Waals surface area contributed by atoms with Crippen LogP contribution in [0.1, 0.15) is 19.8 Å². The van der Waals surface area contributed by atoms with Crippen LogP contribution in [-0.4, -0.2) is 50.2 Å². The van der Waals surface area contributed by atoms with E-state index in [4.69, 9.17) is 0 Å². The molecule has 0 amide bonds. The fourth-order valence-electron chi connectivity index (χ4n) is 2.79. The van der Waals surface area contributed by atoms with Gasteiger partial charge in [-0.3, -0.25) is 4.98 Å². The van der Waals surface area contributed by atoms with Crippen molar-refractivity contribution in [3.8, 4) is 0 Å². The maximum atomic E-state index is 4.33. The Morgan fingerprint density at radius 2 is 2.05 bits per heavy atom. The number of nitrogens with one attached hydrogen (secondary N) is 1. The van der Waals surface area contributed by atoms with Crippen molar-refractivity contribution in [1.82, 2.24) is 9.88 Å². The Bertz CT molecular complexity index is 383. The molecule has 1 aliphatic heterocycles. The molecular weight excluding hydrogens is 236 g/mol. The molecule has 2 heterocycles. The van der Waals surface area contributed by atoms with E-state index >= 15 is 0 Å². The highest BCUT2D eigenvalue weighted by molar-refractivity contribution is 5.55. The van der Waals surface area contributed by atoms with Crippen molar-refractivity contribution >= 4 is 11.4 Å². The molecule has 1 aliphatic rings. The zero-order valence-corrected chi connectivity index (χ0v) is 12.4. The highest BCUT2D eigenvalue weighted by atomic mass is 15.1. The summed E-state index contributed by atoms with van der Waals surface area (Å²) in [6.45, 7) is 6.56. The van der Waals surface area contributed by atoms with Gasteiger partial charge < -0.3 is 15.1 Å². The zero-order valence-electron chi connectivity index (χ0n) is 12.4. The van der Waals surface area contributed by atoms with Gasteiger partial charge in [0.2, 0.25) is 0 Å². The van der Waals surface area contributed by atoms with Crippen molar-refractivity contribution in [1.29, 1.82) is 0 Å². The molecule has 0 atom stereocenters. The summed E-state index contributed by atoms with van der Waals surface area (Å²) >= 11 is 0. The minimum absolute atomic E-state index is 0.844. The van der Waals surface area contributed by atoms with E-state index in [0.29, 0.717) is 0 Å². The van der Waals surface area contributed by atoms with Crippen LogP contribution in [0.2, 0.25) is 0 Å². The lowest BCUT2D eigenvalue weighted by molar-refractivity contribution is 0.285. The molecule has 0 unspecified atom stereocenters. The Hall–Kier alpha value is -1.29. The second kappa shape index (κ2) is 6.75. The molecule has 106 valence electrons. The van der Waals surface area contributed by atoms with Crippen molar-refractivity contribution in [2.75, 3.05) is 50.5 Å². The molecule has 0 radical (unpaired) electrons. The quantitative estimate of drug-likeness (QED) is 0.882. The summed E-state index contributed by atoms with van der Waals surface area (Å²) in [5.74, 6) is 0.844. The lowest BCUT2D eigenvalue weighted by Gasteiger charge is -2.34. The summed E-state index contributed by atoms with van der Waals surface area (Å²) in [7, 11) is 4.33. The van der Waals surface area contributed by atoms with Gasteiger partial charge in [0, 0.05) is 26.2 Å². The van der Waals surface area contributed by atoms with Crippen molar-refractivity contribution < 1.29 is 0 Å². The van der Waals surface area contributed by atoms with Gasteiger partial charge >= 0.3 is 0 Å². The second-order valence-electron chi connectivity index (χ2n) is 5.65. The van der Waals surface area contributed by atoms with Crippen LogP contribution in [-0.2, 0) is 0 Å². The number of piperidine rings is 1. The number of rotatable bonds is 5. The Morgan fingerprint density at radius 3 is 2.68 bits per heavy atom. The van der Waals surface area contributed by atoms with Crippen LogP contribution in [0.15, 0.2) is 18.5 Å². The van der Waals surface area contributed by atoms with Crippen LogP contribution in [0.5, 0.6) is 0 Å². The number of aromatic nitrogens is 1. The number of hydrogen-bond acceptors (Lipinski definition) is 4. The maximum absolute atomic E-state index is 4.33. The number of pyridine rings is 1. The minimum Gasteiger partial charge on any atom is -0.384 e. The van der Waals surface area contributed by atoms with E-state index in [2.05, 4.69) is 47.2 Å². The molecule has 1 aromatic heterocycles. The Balaban J connectivity index is 1.92. The van der Waals surface area contributed by atoms with Crippen LogP contribution < -0.4 is 10.2 Å². The van der Waals surface area contributed by atoms with Gasteiger partial charge in [0.1, 0.15) is 0 Å². The van der Waals surface area contributed by atoms with E-state index in [-0.39, 0.29) is 0 Å². The highest BCUT2D eigenvalue weighted by Crippen LogP contribution is 2.24. The molecule has 1 saturated heterocycles. The lowest BCUT2D eigenvalue weighted by atomic mass is 9.96. The Morgan fingerprint density at radius 1 is 1.32 bits per heavy atom. The standard InChI is InChI=1S/C15H26N4/c1-4-17-14-9-15(11-16-10-14)19-7-5-13(6-8-19)12-18(2)3/h9-11,13,17H,4-8,12H2,1-3H3. The maximum Gasteiger partial charge on any atom is 0.0573 e. The average Bonchev–Trinajstić information content (AvgIpc) is 2.40. The lowest BCUT2D eigenvalue weighted by Crippen LogP contribution is -2.37. The highest BCUT2D eigenvalue weighted by Gasteiger charge is 2.20. The number of hydrogen-bond donors (Lipinski definition) is 1. The molecular formula is C15H26N4. The Labute approximate surface area is 116 Å². The third kappa shape index (κ3) is 4.10. The molecule has 19 heavy (non-hydrogen) atoms. The van der Waals surface area contributed by atoms with Crippen molar-refractivity contribution in [3.05, 3.63) is 18.5 Å². The van der Waals surface area contributed by atoms with Crippen LogP contribution in [0, 0.1) is 5.92 Å². The van der Waals surface area contributed by atoms with Gasteiger partial charge in [-0.2, -0.15) is 0 Å². The first kappa shape index (κ1) is 14.1. The molecule has 1 aromatic rings. The number of nitrogens with zero attached hydrogens (tertiary/aromatic N) is 3. The molecule has 0 saturated carbocycles. The fraction of sp³-hybridized carbons (Fsp3) is 0.667. The van der Waals surface area contributed by atoms with E-state index in [1.54, 1.807) is 0 Å². The van der Waals surface area contributed by atoms with Crippen molar-refractivity contribution in [3.63, 3.8) is 0 Å². The van der Waals surface area contributed by atoms with Crippen molar-refractivity contribution in [2.24, 2.45) is 5.92 Å².